The summed E-state index contributed by atoms with van der Waals surface area (Å²) in [4.78, 5) is 36.8. The molecule has 16 heteroatoms. The average molecular weight is 636 g/mol. The monoisotopic (exact) mass is 635 g/mol. The first kappa shape index (κ1) is 30.1. The summed E-state index contributed by atoms with van der Waals surface area (Å²) in [5.74, 6) is -0.236. The maximum atomic E-state index is 15.2. The number of aryl methyl sites for hydroxylation is 1. The van der Waals surface area contributed by atoms with Crippen LogP contribution < -0.4 is 10.9 Å². The zero-order valence-corrected chi connectivity index (χ0v) is 24.7. The standard InChI is InChI=1S/C29H27ClFN9O5/c1-43-8-9-44-10-11-45-29(42)34-24-7-2-17(15-32-24)28-35-26(27(31)36-28)23-6-4-20-12-18(13-25(41)40(20)23)21-14-19(30)3-5-22(21)39-16-33-37-38-39/h2-3,5,7,12-16,23H,4,6,8-11H2,1H3,(H,35,36)(H,32,34,42)/t23-/m0/s1. The highest BCUT2D eigenvalue weighted by Gasteiger charge is 2.30. The second kappa shape index (κ2) is 13.3. The van der Waals surface area contributed by atoms with E-state index in [1.54, 1.807) is 42.0 Å². The summed E-state index contributed by atoms with van der Waals surface area (Å²) >= 11 is 6.29. The number of nitrogens with zero attached hydrogens (tertiary/aromatic N) is 7. The number of hydrogen-bond acceptors (Lipinski definition) is 10. The van der Waals surface area contributed by atoms with E-state index in [9.17, 15) is 9.59 Å². The highest BCUT2D eigenvalue weighted by Crippen LogP contribution is 2.35. The number of aromatic nitrogens is 8. The van der Waals surface area contributed by atoms with E-state index in [-0.39, 0.29) is 36.1 Å². The summed E-state index contributed by atoms with van der Waals surface area (Å²) in [5, 5.41) is 14.4. The molecule has 1 atom stereocenters. The van der Waals surface area contributed by atoms with E-state index >= 15 is 4.39 Å². The molecule has 1 aliphatic rings. The molecule has 0 saturated heterocycles. The maximum absolute atomic E-state index is 15.2. The number of halogens is 2. The number of rotatable bonds is 11. The minimum atomic E-state index is -0.715. The van der Waals surface area contributed by atoms with Gasteiger partial charge in [-0.3, -0.25) is 10.1 Å². The minimum absolute atomic E-state index is 0.0686. The number of tetrazole rings is 1. The molecule has 14 nitrogen and oxygen atoms in total. The zero-order chi connectivity index (χ0) is 31.3. The van der Waals surface area contributed by atoms with Crippen LogP contribution in [0.1, 0.15) is 23.9 Å². The fourth-order valence-electron chi connectivity index (χ4n) is 5.14. The van der Waals surface area contributed by atoms with Crippen molar-refractivity contribution in [3.05, 3.63) is 87.7 Å². The summed E-state index contributed by atoms with van der Waals surface area (Å²) in [7, 11) is 1.57. The lowest BCUT2D eigenvalue weighted by Gasteiger charge is -2.15. The van der Waals surface area contributed by atoms with Crippen molar-refractivity contribution in [2.24, 2.45) is 0 Å². The third kappa shape index (κ3) is 6.60. The molecule has 4 aromatic heterocycles. The predicted octanol–water partition coefficient (Wildman–Crippen LogP) is 3.82. The largest absolute Gasteiger partial charge is 0.447 e. The number of amides is 1. The van der Waals surface area contributed by atoms with Crippen molar-refractivity contribution in [2.45, 2.75) is 18.9 Å². The molecule has 0 bridgehead atoms. The van der Waals surface area contributed by atoms with E-state index < -0.39 is 18.1 Å². The van der Waals surface area contributed by atoms with Gasteiger partial charge in [0.1, 0.15) is 24.6 Å². The molecular weight excluding hydrogens is 609 g/mol. The van der Waals surface area contributed by atoms with Crippen LogP contribution in [0.4, 0.5) is 15.0 Å². The summed E-state index contributed by atoms with van der Waals surface area (Å²) in [5.41, 5.74) is 3.10. The Morgan fingerprint density at radius 2 is 2.00 bits per heavy atom. The third-order valence-electron chi connectivity index (χ3n) is 7.18. The number of benzene rings is 1. The number of hydrogen-bond donors (Lipinski definition) is 2. The summed E-state index contributed by atoms with van der Waals surface area (Å²) < 4.78 is 33.5. The molecule has 5 heterocycles. The number of pyridine rings is 2. The first-order valence-corrected chi connectivity index (χ1v) is 14.3. The topological polar surface area (TPSA) is 164 Å². The van der Waals surface area contributed by atoms with Crippen molar-refractivity contribution in [3.8, 4) is 28.2 Å². The Labute approximate surface area is 260 Å². The molecule has 45 heavy (non-hydrogen) atoms. The van der Waals surface area contributed by atoms with Gasteiger partial charge in [-0.2, -0.15) is 14.1 Å². The Hall–Kier alpha value is -4.99. The predicted molar refractivity (Wildman–Crippen MR) is 160 cm³/mol. The second-order valence-electron chi connectivity index (χ2n) is 10.0. The smallest absolute Gasteiger partial charge is 0.412 e. The van der Waals surface area contributed by atoms with Gasteiger partial charge in [0.25, 0.3) is 5.56 Å². The molecular formula is C29H27ClFN9O5. The molecule has 1 aromatic carbocycles. The van der Waals surface area contributed by atoms with Gasteiger partial charge in [0, 0.05) is 41.2 Å². The average Bonchev–Trinajstić information content (AvgIpc) is 3.80. The van der Waals surface area contributed by atoms with Gasteiger partial charge in [0.05, 0.1) is 37.2 Å². The Bertz CT molecular complexity index is 1860. The highest BCUT2D eigenvalue weighted by molar-refractivity contribution is 6.31. The fourth-order valence-corrected chi connectivity index (χ4v) is 5.32. The Morgan fingerprint density at radius 3 is 2.78 bits per heavy atom. The molecule has 0 saturated carbocycles. The molecule has 232 valence electrons. The summed E-state index contributed by atoms with van der Waals surface area (Å²) in [6.07, 6.45) is 3.25. The Morgan fingerprint density at radius 1 is 1.13 bits per heavy atom. The van der Waals surface area contributed by atoms with Crippen LogP contribution in [0.5, 0.6) is 0 Å². The SMILES string of the molecule is COCCOCCOC(=O)Nc1ccc(-c2nc(F)c([C@@H]3CCc4cc(-c5cc(Cl)ccc5-n5cnnn5)cc(=O)n43)[nH]2)cn1. The number of aromatic amines is 1. The Balaban J connectivity index is 1.17. The van der Waals surface area contributed by atoms with Gasteiger partial charge in [-0.25, -0.2) is 9.78 Å². The summed E-state index contributed by atoms with van der Waals surface area (Å²) in [6, 6.07) is 11.2. The van der Waals surface area contributed by atoms with Crippen molar-refractivity contribution < 1.29 is 23.4 Å². The molecule has 0 fully saturated rings. The molecule has 1 amide bonds. The highest BCUT2D eigenvalue weighted by atomic mass is 35.5. The number of methoxy groups -OCH3 is 1. The Kier molecular flexibility index (Phi) is 8.91. The van der Waals surface area contributed by atoms with Crippen LogP contribution in [0, 0.1) is 5.95 Å². The second-order valence-corrected chi connectivity index (χ2v) is 10.4. The first-order chi connectivity index (χ1) is 21.9. The number of carbonyl (C=O) groups is 1. The van der Waals surface area contributed by atoms with Gasteiger partial charge < -0.3 is 23.8 Å². The molecule has 2 N–H and O–H groups in total. The molecule has 0 unspecified atom stereocenters. The van der Waals surface area contributed by atoms with Gasteiger partial charge in [0.2, 0.25) is 5.95 Å². The maximum Gasteiger partial charge on any atom is 0.412 e. The van der Waals surface area contributed by atoms with E-state index in [0.717, 1.165) is 5.69 Å². The molecule has 1 aliphatic heterocycles. The zero-order valence-electron chi connectivity index (χ0n) is 23.9. The van der Waals surface area contributed by atoms with E-state index in [1.165, 1.54) is 23.3 Å². The lowest BCUT2D eigenvalue weighted by atomic mass is 10.0. The number of fused-ring (bicyclic) bond motifs is 1. The van der Waals surface area contributed by atoms with E-state index in [1.807, 2.05) is 6.07 Å². The van der Waals surface area contributed by atoms with E-state index in [2.05, 4.69) is 35.8 Å². The van der Waals surface area contributed by atoms with Crippen molar-refractivity contribution in [1.29, 1.82) is 0 Å². The molecule has 5 aromatic rings. The van der Waals surface area contributed by atoms with Gasteiger partial charge in [-0.15, -0.1) is 5.10 Å². The summed E-state index contributed by atoms with van der Waals surface area (Å²) in [6.45, 7) is 1.16. The third-order valence-corrected chi connectivity index (χ3v) is 7.41. The van der Waals surface area contributed by atoms with Crippen LogP contribution in [0.15, 0.2) is 59.8 Å². The van der Waals surface area contributed by atoms with Gasteiger partial charge >= 0.3 is 6.09 Å². The van der Waals surface area contributed by atoms with Gasteiger partial charge in [-0.05, 0) is 65.2 Å². The fraction of sp³-hybridized carbons (Fsp3) is 0.276. The van der Waals surface area contributed by atoms with Crippen LogP contribution in [-0.4, -0.2) is 79.4 Å². The lowest BCUT2D eigenvalue weighted by molar-refractivity contribution is 0.0447. The van der Waals surface area contributed by atoms with Gasteiger partial charge in [-0.1, -0.05) is 11.6 Å². The lowest BCUT2D eigenvalue weighted by Crippen LogP contribution is -2.24. The normalized spacial score (nSPS) is 14.0. The number of nitrogens with one attached hydrogen (secondary N) is 2. The van der Waals surface area contributed by atoms with Crippen LogP contribution in [-0.2, 0) is 20.6 Å². The van der Waals surface area contributed by atoms with Crippen LogP contribution in [0.25, 0.3) is 28.2 Å². The van der Waals surface area contributed by atoms with Crippen molar-refractivity contribution in [1.82, 2.24) is 39.7 Å². The van der Waals surface area contributed by atoms with Crippen LogP contribution in [0.2, 0.25) is 5.02 Å². The number of H-pyrrole nitrogens is 1. The molecule has 0 aliphatic carbocycles. The van der Waals surface area contributed by atoms with E-state index in [4.69, 9.17) is 25.8 Å². The van der Waals surface area contributed by atoms with E-state index in [0.29, 0.717) is 53.5 Å². The molecule has 0 spiro atoms. The quantitative estimate of drug-likeness (QED) is 0.204. The van der Waals surface area contributed by atoms with Crippen molar-refractivity contribution in [2.75, 3.05) is 38.9 Å². The number of imidazole rings is 1. The molecule has 6 rings (SSSR count). The first-order valence-electron chi connectivity index (χ1n) is 13.9. The minimum Gasteiger partial charge on any atom is -0.447 e. The number of ether oxygens (including phenoxy) is 3. The number of anilines is 1. The molecule has 0 radical (unpaired) electrons. The van der Waals surface area contributed by atoms with Crippen molar-refractivity contribution in [3.63, 3.8) is 0 Å². The number of carbonyl (C=O) groups excluding carboxylic acids is 1. The van der Waals surface area contributed by atoms with Crippen LogP contribution in [0.3, 0.4) is 0 Å². The van der Waals surface area contributed by atoms with Crippen LogP contribution >= 0.6 is 11.6 Å². The van der Waals surface area contributed by atoms with Gasteiger partial charge in [0.15, 0.2) is 0 Å². The van der Waals surface area contributed by atoms with Crippen molar-refractivity contribution >= 4 is 23.5 Å².